The molecule has 140 valence electrons. The van der Waals surface area contributed by atoms with E-state index in [2.05, 4.69) is 5.32 Å². The molecule has 2 unspecified atom stereocenters. The number of nitrogens with one attached hydrogen (secondary N) is 1. The zero-order valence-electron chi connectivity index (χ0n) is 14.7. The van der Waals surface area contributed by atoms with E-state index in [1.807, 2.05) is 6.92 Å². The smallest absolute Gasteiger partial charge is 0.220 e. The van der Waals surface area contributed by atoms with Crippen molar-refractivity contribution in [2.45, 2.75) is 36.5 Å². The van der Waals surface area contributed by atoms with Gasteiger partial charge in [0.15, 0.2) is 0 Å². The van der Waals surface area contributed by atoms with E-state index in [9.17, 15) is 18.5 Å². The molecule has 0 radical (unpaired) electrons. The number of ether oxygens (including phenoxy) is 1. The summed E-state index contributed by atoms with van der Waals surface area (Å²) in [7, 11) is 0.223. The topological polar surface area (TPSA) is 75.6 Å². The minimum absolute atomic E-state index is 0.116. The predicted molar refractivity (Wildman–Crippen MR) is 98.0 cm³/mol. The fraction of sp³-hybridized carbons (Fsp3) is 0.316. The van der Waals surface area contributed by atoms with E-state index < -0.39 is 16.6 Å². The Bertz CT molecular complexity index is 780. The van der Waals surface area contributed by atoms with Crippen molar-refractivity contribution in [3.63, 3.8) is 0 Å². The average molecular weight is 379 g/mol. The molecular weight excluding hydrogens is 357 g/mol. The van der Waals surface area contributed by atoms with Crippen LogP contribution in [0.2, 0.25) is 0 Å². The number of rotatable bonds is 8. The highest BCUT2D eigenvalue weighted by atomic mass is 32.2. The number of benzene rings is 2. The average Bonchev–Trinajstić information content (AvgIpc) is 2.64. The Labute approximate surface area is 154 Å². The van der Waals surface area contributed by atoms with Gasteiger partial charge >= 0.3 is 0 Å². The van der Waals surface area contributed by atoms with E-state index in [1.165, 1.54) is 37.4 Å². The monoisotopic (exact) mass is 379 g/mol. The Morgan fingerprint density at radius 2 is 1.96 bits per heavy atom. The van der Waals surface area contributed by atoms with Crippen LogP contribution in [0.5, 0.6) is 11.5 Å². The van der Waals surface area contributed by atoms with Gasteiger partial charge in [-0.25, -0.2) is 4.39 Å². The summed E-state index contributed by atoms with van der Waals surface area (Å²) >= 11 is 0. The van der Waals surface area contributed by atoms with Crippen LogP contribution in [0.3, 0.4) is 0 Å². The molecule has 0 fully saturated rings. The predicted octanol–water partition coefficient (Wildman–Crippen LogP) is 3.13. The largest absolute Gasteiger partial charge is 0.508 e. The summed E-state index contributed by atoms with van der Waals surface area (Å²) in [5.41, 5.74) is 0.557. The van der Waals surface area contributed by atoms with E-state index in [0.717, 1.165) is 0 Å². The lowest BCUT2D eigenvalue weighted by Gasteiger charge is -2.13. The number of hydrogen-bond acceptors (Lipinski definition) is 4. The highest BCUT2D eigenvalue weighted by molar-refractivity contribution is 7.85. The molecule has 5 nitrogen and oxygen atoms in total. The molecule has 2 rings (SSSR count). The molecule has 0 spiro atoms. The van der Waals surface area contributed by atoms with Crippen LogP contribution in [0.1, 0.15) is 25.3 Å². The summed E-state index contributed by atoms with van der Waals surface area (Å²) in [6, 6.07) is 10.3. The first-order chi connectivity index (χ1) is 12.4. The highest BCUT2D eigenvalue weighted by Crippen LogP contribution is 2.20. The number of aromatic hydroxyl groups is 1. The van der Waals surface area contributed by atoms with Gasteiger partial charge in [-0.2, -0.15) is 0 Å². The molecule has 26 heavy (non-hydrogen) atoms. The van der Waals surface area contributed by atoms with Gasteiger partial charge in [0.05, 0.1) is 17.9 Å². The molecule has 7 heteroatoms. The van der Waals surface area contributed by atoms with Crippen molar-refractivity contribution in [1.29, 1.82) is 0 Å². The summed E-state index contributed by atoms with van der Waals surface area (Å²) in [6.07, 6.45) is 0.655. The third kappa shape index (κ3) is 5.56. The zero-order chi connectivity index (χ0) is 19.1. The van der Waals surface area contributed by atoms with Gasteiger partial charge in [-0.05, 0) is 48.9 Å². The quantitative estimate of drug-likeness (QED) is 0.739. The van der Waals surface area contributed by atoms with Crippen molar-refractivity contribution in [3.05, 3.63) is 53.8 Å². The van der Waals surface area contributed by atoms with Gasteiger partial charge in [-0.1, -0.05) is 6.92 Å². The third-order valence-corrected chi connectivity index (χ3v) is 5.63. The number of hydrogen-bond donors (Lipinski definition) is 2. The maximum atomic E-state index is 13.3. The number of methoxy groups -OCH3 is 1. The molecule has 2 aromatic carbocycles. The summed E-state index contributed by atoms with van der Waals surface area (Å²) in [4.78, 5) is 12.6. The van der Waals surface area contributed by atoms with Crippen LogP contribution in [-0.2, 0) is 22.1 Å². The number of carbonyl (C=O) groups excluding carboxylic acids is 1. The van der Waals surface area contributed by atoms with Crippen LogP contribution >= 0.6 is 0 Å². The van der Waals surface area contributed by atoms with Crippen LogP contribution in [0, 0.1) is 5.82 Å². The molecule has 0 bridgehead atoms. The molecule has 0 saturated heterocycles. The molecule has 0 saturated carbocycles. The normalized spacial score (nSPS) is 13.0. The number of phenolic OH excluding ortho intramolecular Hbond substituents is 1. The molecule has 2 aromatic rings. The maximum Gasteiger partial charge on any atom is 0.220 e. The number of amides is 1. The van der Waals surface area contributed by atoms with Crippen LogP contribution in [0.25, 0.3) is 0 Å². The van der Waals surface area contributed by atoms with Crippen molar-refractivity contribution in [3.8, 4) is 11.5 Å². The van der Waals surface area contributed by atoms with Crippen molar-refractivity contribution < 1.29 is 23.2 Å². The van der Waals surface area contributed by atoms with Gasteiger partial charge in [0.1, 0.15) is 17.3 Å². The highest BCUT2D eigenvalue weighted by Gasteiger charge is 2.15. The molecule has 0 aliphatic rings. The lowest BCUT2D eigenvalue weighted by atomic mass is 10.2. The Morgan fingerprint density at radius 1 is 1.27 bits per heavy atom. The Kier molecular flexibility index (Phi) is 7.15. The van der Waals surface area contributed by atoms with Gasteiger partial charge < -0.3 is 15.2 Å². The Morgan fingerprint density at radius 3 is 2.62 bits per heavy atom. The third-order valence-electron chi connectivity index (χ3n) is 3.93. The standard InChI is InChI=1S/C19H22FNO4S/c1-13(26(24)17-7-5-16(22)6-8-17)3-10-19(23)21-12-14-11-15(20)4-9-18(14)25-2/h4-9,11,13,22H,3,10,12H2,1-2H3,(H,21,23). The van der Waals surface area contributed by atoms with E-state index in [1.54, 1.807) is 12.1 Å². The molecule has 0 aliphatic carbocycles. The fourth-order valence-electron chi connectivity index (χ4n) is 2.42. The molecule has 0 heterocycles. The second-order valence-electron chi connectivity index (χ2n) is 5.87. The van der Waals surface area contributed by atoms with E-state index >= 15 is 0 Å². The van der Waals surface area contributed by atoms with Crippen molar-refractivity contribution in [1.82, 2.24) is 5.32 Å². The van der Waals surface area contributed by atoms with E-state index in [-0.39, 0.29) is 29.9 Å². The van der Waals surface area contributed by atoms with Gasteiger partial charge in [-0.3, -0.25) is 9.00 Å². The van der Waals surface area contributed by atoms with E-state index in [0.29, 0.717) is 22.6 Å². The van der Waals surface area contributed by atoms with E-state index in [4.69, 9.17) is 4.74 Å². The first-order valence-electron chi connectivity index (χ1n) is 8.19. The van der Waals surface area contributed by atoms with Gasteiger partial charge in [-0.15, -0.1) is 0 Å². The SMILES string of the molecule is COc1ccc(F)cc1CNC(=O)CCC(C)S(=O)c1ccc(O)cc1. The molecule has 2 atom stereocenters. The first-order valence-corrected chi connectivity index (χ1v) is 9.40. The van der Waals surface area contributed by atoms with Gasteiger partial charge in [0, 0.05) is 28.7 Å². The molecule has 0 aliphatic heterocycles. The van der Waals surface area contributed by atoms with Gasteiger partial charge in [0.2, 0.25) is 5.91 Å². The van der Waals surface area contributed by atoms with Crippen molar-refractivity contribution >= 4 is 16.7 Å². The summed E-state index contributed by atoms with van der Waals surface area (Å²) in [6.45, 7) is 1.97. The molecule has 2 N–H and O–H groups in total. The number of carbonyl (C=O) groups is 1. The van der Waals surface area contributed by atoms with Crippen LogP contribution in [0.4, 0.5) is 4.39 Å². The minimum Gasteiger partial charge on any atom is -0.508 e. The Hall–Kier alpha value is -2.41. The second kappa shape index (κ2) is 9.33. The number of phenols is 1. The first kappa shape index (κ1) is 19.9. The maximum absolute atomic E-state index is 13.3. The lowest BCUT2D eigenvalue weighted by molar-refractivity contribution is -0.121. The number of halogens is 1. The lowest BCUT2D eigenvalue weighted by Crippen LogP contribution is -2.24. The minimum atomic E-state index is -1.26. The van der Waals surface area contributed by atoms with Crippen LogP contribution in [-0.4, -0.2) is 27.6 Å². The molecular formula is C19H22FNO4S. The molecule has 1 amide bonds. The fourth-order valence-corrected chi connectivity index (χ4v) is 3.62. The summed E-state index contributed by atoms with van der Waals surface area (Å²) < 4.78 is 30.9. The second-order valence-corrected chi connectivity index (χ2v) is 7.74. The van der Waals surface area contributed by atoms with Crippen LogP contribution in [0.15, 0.2) is 47.4 Å². The Balaban J connectivity index is 1.84. The zero-order valence-corrected chi connectivity index (χ0v) is 15.5. The van der Waals surface area contributed by atoms with Crippen molar-refractivity contribution in [2.24, 2.45) is 0 Å². The summed E-state index contributed by atoms with van der Waals surface area (Å²) in [5, 5.41) is 11.8. The van der Waals surface area contributed by atoms with Gasteiger partial charge in [0.25, 0.3) is 0 Å². The van der Waals surface area contributed by atoms with Crippen LogP contribution < -0.4 is 10.1 Å². The summed E-state index contributed by atoms with van der Waals surface area (Å²) in [5.74, 6) is 0.0258. The van der Waals surface area contributed by atoms with Crippen molar-refractivity contribution in [2.75, 3.05) is 7.11 Å². The molecule has 0 aromatic heterocycles.